The Labute approximate surface area is 373 Å². The van der Waals surface area contributed by atoms with Crippen LogP contribution in [0, 0.1) is 0 Å². The van der Waals surface area contributed by atoms with Crippen molar-refractivity contribution in [3.63, 3.8) is 0 Å². The second kappa shape index (κ2) is 50.0. The van der Waals surface area contributed by atoms with Crippen LogP contribution in [0.5, 0.6) is 0 Å². The van der Waals surface area contributed by atoms with E-state index in [0.717, 1.165) is 83.5 Å². The topological polar surface area (TPSA) is 95.9 Å². The van der Waals surface area contributed by atoms with Crippen LogP contribution in [0.1, 0.15) is 284 Å². The largest absolute Gasteiger partial charge is 0.466 e. The van der Waals surface area contributed by atoms with Crippen LogP contribution < -0.4 is 5.32 Å². The van der Waals surface area contributed by atoms with Crippen LogP contribution in [0.25, 0.3) is 0 Å². The Kier molecular flexibility index (Phi) is 48.6. The highest BCUT2D eigenvalue weighted by Gasteiger charge is 2.20. The number of nitrogens with one attached hydrogen (secondary N) is 1. The number of aliphatic hydroxyl groups excluding tert-OH is 2. The van der Waals surface area contributed by atoms with Crippen molar-refractivity contribution in [1.29, 1.82) is 0 Å². The highest BCUT2D eigenvalue weighted by Crippen LogP contribution is 2.16. The summed E-state index contributed by atoms with van der Waals surface area (Å²) in [5.74, 6) is -0.103. The summed E-state index contributed by atoms with van der Waals surface area (Å²) in [5.41, 5.74) is 0. The molecular formula is C54H103NO5. The van der Waals surface area contributed by atoms with Gasteiger partial charge in [-0.05, 0) is 77.0 Å². The molecule has 0 heterocycles. The highest BCUT2D eigenvalue weighted by molar-refractivity contribution is 5.76. The second-order valence-electron chi connectivity index (χ2n) is 18.2. The van der Waals surface area contributed by atoms with Gasteiger partial charge in [0.15, 0.2) is 0 Å². The number of carbonyl (C=O) groups is 2. The van der Waals surface area contributed by atoms with Crippen molar-refractivity contribution in [3.8, 4) is 0 Å². The lowest BCUT2D eigenvalue weighted by molar-refractivity contribution is -0.143. The molecule has 0 saturated heterocycles. The molecule has 1 amide bonds. The zero-order valence-electron chi connectivity index (χ0n) is 40.2. The summed E-state index contributed by atoms with van der Waals surface area (Å²) < 4.78 is 5.43. The molecule has 0 aliphatic carbocycles. The first-order valence-electron chi connectivity index (χ1n) is 26.6. The molecule has 0 fully saturated rings. The molecule has 0 rings (SSSR count). The normalized spacial score (nSPS) is 12.8. The predicted molar refractivity (Wildman–Crippen MR) is 260 cm³/mol. The summed E-state index contributed by atoms with van der Waals surface area (Å²) >= 11 is 0. The van der Waals surface area contributed by atoms with Crippen molar-refractivity contribution in [1.82, 2.24) is 5.32 Å². The van der Waals surface area contributed by atoms with Gasteiger partial charge in [0, 0.05) is 12.8 Å². The Balaban J connectivity index is 3.52. The highest BCUT2D eigenvalue weighted by atomic mass is 16.5. The number of aliphatic hydroxyl groups is 2. The lowest BCUT2D eigenvalue weighted by Gasteiger charge is -2.22. The van der Waals surface area contributed by atoms with E-state index in [9.17, 15) is 19.8 Å². The number of ether oxygens (including phenoxy) is 1. The third kappa shape index (κ3) is 45.9. The van der Waals surface area contributed by atoms with Gasteiger partial charge in [0.1, 0.15) is 0 Å². The van der Waals surface area contributed by atoms with Crippen molar-refractivity contribution in [2.24, 2.45) is 0 Å². The average molecular weight is 846 g/mol. The fourth-order valence-corrected chi connectivity index (χ4v) is 8.10. The third-order valence-corrected chi connectivity index (χ3v) is 12.2. The number of esters is 1. The molecule has 354 valence electrons. The fourth-order valence-electron chi connectivity index (χ4n) is 8.10. The molecular weight excluding hydrogens is 743 g/mol. The summed E-state index contributed by atoms with van der Waals surface area (Å²) in [6, 6.07) is -0.563. The molecule has 0 aliphatic heterocycles. The number of hydrogen-bond donors (Lipinski definition) is 3. The molecule has 6 nitrogen and oxygen atoms in total. The Morgan fingerprint density at radius 2 is 0.783 bits per heavy atom. The van der Waals surface area contributed by atoms with Crippen LogP contribution in [0.2, 0.25) is 0 Å². The molecule has 60 heavy (non-hydrogen) atoms. The van der Waals surface area contributed by atoms with Crippen LogP contribution in [0.15, 0.2) is 24.3 Å². The molecule has 0 aromatic carbocycles. The average Bonchev–Trinajstić information content (AvgIpc) is 3.25. The Morgan fingerprint density at radius 3 is 1.18 bits per heavy atom. The summed E-state index contributed by atoms with van der Waals surface area (Å²) in [5, 5.41) is 23.2. The molecule has 2 atom stereocenters. The van der Waals surface area contributed by atoms with E-state index in [1.807, 2.05) is 0 Å². The first-order valence-corrected chi connectivity index (χ1v) is 26.6. The van der Waals surface area contributed by atoms with Gasteiger partial charge in [-0.1, -0.05) is 218 Å². The summed E-state index contributed by atoms with van der Waals surface area (Å²) in [4.78, 5) is 24.5. The smallest absolute Gasteiger partial charge is 0.305 e. The number of unbranched alkanes of at least 4 members (excludes halogenated alkanes) is 34. The third-order valence-electron chi connectivity index (χ3n) is 12.2. The number of amides is 1. The maximum absolute atomic E-state index is 12.5. The molecule has 6 heteroatoms. The van der Waals surface area contributed by atoms with Crippen molar-refractivity contribution in [2.45, 2.75) is 296 Å². The molecule has 0 aromatic heterocycles. The molecule has 3 N–H and O–H groups in total. The van der Waals surface area contributed by atoms with Gasteiger partial charge in [-0.2, -0.15) is 0 Å². The first kappa shape index (κ1) is 58.3. The molecule has 0 aromatic rings. The van der Waals surface area contributed by atoms with E-state index in [-0.39, 0.29) is 18.5 Å². The van der Waals surface area contributed by atoms with E-state index >= 15 is 0 Å². The van der Waals surface area contributed by atoms with Crippen LogP contribution in [0.4, 0.5) is 0 Å². The van der Waals surface area contributed by atoms with Gasteiger partial charge in [0.25, 0.3) is 0 Å². The SMILES string of the molecule is CCCCCCC/C=C\CCCCCCCC(=O)OCCCC/C=C\CCCCCCCC(=O)NC(CO)C(O)CCCCCCCCCCCCCCCCCCCC. The van der Waals surface area contributed by atoms with Gasteiger partial charge in [0.05, 0.1) is 25.4 Å². The van der Waals surface area contributed by atoms with Crippen LogP contribution in [-0.2, 0) is 14.3 Å². The van der Waals surface area contributed by atoms with Gasteiger partial charge in [-0.25, -0.2) is 0 Å². The van der Waals surface area contributed by atoms with Crippen molar-refractivity contribution in [3.05, 3.63) is 24.3 Å². The molecule has 2 unspecified atom stereocenters. The molecule has 0 spiro atoms. The van der Waals surface area contributed by atoms with E-state index in [2.05, 4.69) is 43.5 Å². The van der Waals surface area contributed by atoms with E-state index < -0.39 is 12.1 Å². The lowest BCUT2D eigenvalue weighted by Crippen LogP contribution is -2.45. The van der Waals surface area contributed by atoms with Gasteiger partial charge in [-0.15, -0.1) is 0 Å². The minimum atomic E-state index is -0.683. The first-order chi connectivity index (χ1) is 29.5. The quantitative estimate of drug-likeness (QED) is 0.0322. The Morgan fingerprint density at radius 1 is 0.450 bits per heavy atom. The zero-order valence-corrected chi connectivity index (χ0v) is 40.2. The zero-order chi connectivity index (χ0) is 43.7. The van der Waals surface area contributed by atoms with E-state index in [1.54, 1.807) is 0 Å². The standard InChI is InChI=1S/C54H103NO5/c1-3-5-7-9-11-13-15-17-19-20-21-22-23-26-30-34-38-42-46-52(57)51(50-56)55-53(58)47-43-39-35-31-27-25-29-33-37-41-45-49-60-54(59)48-44-40-36-32-28-24-18-16-14-12-10-8-6-4-2/h16,18,29,33,51-52,56-57H,3-15,17,19-28,30-32,34-50H2,1-2H3,(H,55,58)/b18-16-,33-29-. The number of hydrogen-bond acceptors (Lipinski definition) is 5. The number of allylic oxidation sites excluding steroid dienone is 4. The minimum Gasteiger partial charge on any atom is -0.466 e. The van der Waals surface area contributed by atoms with Crippen LogP contribution in [0.3, 0.4) is 0 Å². The summed E-state index contributed by atoms with van der Waals surface area (Å²) in [6.45, 7) is 4.87. The van der Waals surface area contributed by atoms with Crippen molar-refractivity contribution in [2.75, 3.05) is 13.2 Å². The molecule has 0 saturated carbocycles. The van der Waals surface area contributed by atoms with E-state index in [0.29, 0.717) is 25.9 Å². The van der Waals surface area contributed by atoms with Gasteiger partial charge in [-0.3, -0.25) is 9.59 Å². The van der Waals surface area contributed by atoms with Gasteiger partial charge >= 0.3 is 5.97 Å². The predicted octanol–water partition coefficient (Wildman–Crippen LogP) is 15.9. The number of carbonyl (C=O) groups excluding carboxylic acids is 2. The van der Waals surface area contributed by atoms with Crippen molar-refractivity contribution < 1.29 is 24.5 Å². The number of rotatable bonds is 49. The minimum absolute atomic E-state index is 0.0395. The van der Waals surface area contributed by atoms with Gasteiger partial charge < -0.3 is 20.3 Å². The second-order valence-corrected chi connectivity index (χ2v) is 18.2. The maximum atomic E-state index is 12.5. The van der Waals surface area contributed by atoms with Crippen LogP contribution >= 0.6 is 0 Å². The lowest BCUT2D eigenvalue weighted by atomic mass is 10.0. The van der Waals surface area contributed by atoms with Crippen molar-refractivity contribution >= 4 is 11.9 Å². The Hall–Kier alpha value is -1.66. The van der Waals surface area contributed by atoms with Gasteiger partial charge in [0.2, 0.25) is 5.91 Å². The van der Waals surface area contributed by atoms with E-state index in [1.165, 1.54) is 167 Å². The van der Waals surface area contributed by atoms with E-state index in [4.69, 9.17) is 4.74 Å². The summed E-state index contributed by atoms with van der Waals surface area (Å²) in [7, 11) is 0. The Bertz CT molecular complexity index is 935. The maximum Gasteiger partial charge on any atom is 0.305 e. The fraction of sp³-hybridized carbons (Fsp3) is 0.889. The molecule has 0 bridgehead atoms. The van der Waals surface area contributed by atoms with Crippen LogP contribution in [-0.4, -0.2) is 47.4 Å². The molecule has 0 aliphatic rings. The summed E-state index contributed by atoms with van der Waals surface area (Å²) in [6.07, 6.45) is 58.6. The molecule has 0 radical (unpaired) electrons. The monoisotopic (exact) mass is 846 g/mol.